The Kier molecular flexibility index (Phi) is 3.75. The first kappa shape index (κ1) is 12.1. The van der Waals surface area contributed by atoms with Crippen LogP contribution in [0.15, 0.2) is 30.3 Å². The molecule has 0 aliphatic heterocycles. The van der Waals surface area contributed by atoms with Crippen molar-refractivity contribution in [1.29, 1.82) is 0 Å². The molecule has 0 fully saturated rings. The van der Waals surface area contributed by atoms with Gasteiger partial charge in [0.25, 0.3) is 0 Å². The summed E-state index contributed by atoms with van der Waals surface area (Å²) in [5.74, 6) is 0.712. The molecule has 0 saturated heterocycles. The van der Waals surface area contributed by atoms with Crippen LogP contribution < -0.4 is 0 Å². The van der Waals surface area contributed by atoms with Gasteiger partial charge in [0.05, 0.1) is 12.1 Å². The first-order valence-corrected chi connectivity index (χ1v) is 6.18. The van der Waals surface area contributed by atoms with Crippen molar-refractivity contribution in [2.24, 2.45) is 5.92 Å². The molecule has 0 amide bonds. The number of fused-ring (bicyclic) bond motifs is 1. The number of aliphatic hydroxyl groups excluding tert-OH is 1. The second-order valence-corrected chi connectivity index (χ2v) is 4.92. The van der Waals surface area contributed by atoms with Crippen LogP contribution in [0.5, 0.6) is 0 Å². The minimum atomic E-state index is 0.0883. The summed E-state index contributed by atoms with van der Waals surface area (Å²) in [5, 5.41) is 10.2. The number of pyridine rings is 1. The van der Waals surface area contributed by atoms with Crippen molar-refractivity contribution in [2.75, 3.05) is 0 Å². The highest BCUT2D eigenvalue weighted by Gasteiger charge is 2.01. The van der Waals surface area contributed by atoms with Gasteiger partial charge in [-0.15, -0.1) is 0 Å². The smallest absolute Gasteiger partial charge is 0.0705 e. The molecule has 0 atom stereocenters. The minimum absolute atomic E-state index is 0.0883. The maximum Gasteiger partial charge on any atom is 0.0705 e. The van der Waals surface area contributed by atoms with E-state index in [-0.39, 0.29) is 6.61 Å². The molecule has 2 heteroatoms. The van der Waals surface area contributed by atoms with E-state index in [0.717, 1.165) is 28.6 Å². The second kappa shape index (κ2) is 5.28. The molecule has 0 radical (unpaired) electrons. The Morgan fingerprint density at radius 2 is 2.00 bits per heavy atom. The molecule has 0 aliphatic carbocycles. The van der Waals surface area contributed by atoms with Crippen LogP contribution in [0.4, 0.5) is 0 Å². The molecule has 2 rings (SSSR count). The van der Waals surface area contributed by atoms with Gasteiger partial charge in [0.2, 0.25) is 0 Å². The van der Waals surface area contributed by atoms with Crippen LogP contribution in [0.2, 0.25) is 0 Å². The Morgan fingerprint density at radius 3 is 2.71 bits per heavy atom. The van der Waals surface area contributed by atoms with Gasteiger partial charge in [0.1, 0.15) is 0 Å². The van der Waals surface area contributed by atoms with Crippen LogP contribution >= 0.6 is 0 Å². The highest BCUT2D eigenvalue weighted by molar-refractivity contribution is 5.79. The molecule has 0 spiro atoms. The number of aromatic nitrogens is 1. The number of hydrogen-bond acceptors (Lipinski definition) is 2. The molecular formula is C15H19NO. The zero-order chi connectivity index (χ0) is 12.3. The Hall–Kier alpha value is -1.41. The third-order valence-corrected chi connectivity index (χ3v) is 2.97. The van der Waals surface area contributed by atoms with Crippen LogP contribution in [-0.2, 0) is 13.0 Å². The quantitative estimate of drug-likeness (QED) is 0.872. The lowest BCUT2D eigenvalue weighted by Gasteiger charge is -2.06. The zero-order valence-electron chi connectivity index (χ0n) is 10.5. The Morgan fingerprint density at radius 1 is 1.18 bits per heavy atom. The first-order chi connectivity index (χ1) is 8.19. The SMILES string of the molecule is CC(C)CCc1ccc2cc(CO)ccc2n1. The molecule has 0 saturated carbocycles. The van der Waals surface area contributed by atoms with E-state index < -0.39 is 0 Å². The lowest BCUT2D eigenvalue weighted by Crippen LogP contribution is -1.95. The molecule has 17 heavy (non-hydrogen) atoms. The van der Waals surface area contributed by atoms with E-state index in [4.69, 9.17) is 5.11 Å². The van der Waals surface area contributed by atoms with Crippen molar-refractivity contribution >= 4 is 10.9 Å². The van der Waals surface area contributed by atoms with Gasteiger partial charge in [-0.1, -0.05) is 26.0 Å². The molecule has 1 heterocycles. The molecule has 1 aromatic heterocycles. The van der Waals surface area contributed by atoms with Gasteiger partial charge in [-0.3, -0.25) is 4.98 Å². The molecule has 90 valence electrons. The lowest BCUT2D eigenvalue weighted by molar-refractivity contribution is 0.282. The number of aliphatic hydroxyl groups is 1. The summed E-state index contributed by atoms with van der Waals surface area (Å²) in [6, 6.07) is 10.1. The van der Waals surface area contributed by atoms with E-state index in [1.807, 2.05) is 18.2 Å². The van der Waals surface area contributed by atoms with E-state index in [1.165, 1.54) is 6.42 Å². The fourth-order valence-corrected chi connectivity index (χ4v) is 1.89. The van der Waals surface area contributed by atoms with E-state index >= 15 is 0 Å². The number of aryl methyl sites for hydroxylation is 1. The lowest BCUT2D eigenvalue weighted by atomic mass is 10.0. The molecule has 0 aliphatic rings. The molecule has 1 N–H and O–H groups in total. The molecule has 0 bridgehead atoms. The number of rotatable bonds is 4. The first-order valence-electron chi connectivity index (χ1n) is 6.18. The van der Waals surface area contributed by atoms with Crippen LogP contribution in [-0.4, -0.2) is 10.1 Å². The van der Waals surface area contributed by atoms with E-state index in [9.17, 15) is 0 Å². The van der Waals surface area contributed by atoms with Crippen molar-refractivity contribution < 1.29 is 5.11 Å². The molecular weight excluding hydrogens is 210 g/mol. The van der Waals surface area contributed by atoms with E-state index in [2.05, 4.69) is 31.0 Å². The fraction of sp³-hybridized carbons (Fsp3) is 0.400. The molecule has 1 aromatic carbocycles. The number of nitrogens with zero attached hydrogens (tertiary/aromatic N) is 1. The molecule has 2 aromatic rings. The van der Waals surface area contributed by atoms with Crippen molar-refractivity contribution in [3.05, 3.63) is 41.6 Å². The standard InChI is InChI=1S/C15H19NO/c1-11(2)3-6-14-7-5-13-9-12(10-17)4-8-15(13)16-14/h4-5,7-9,11,17H,3,6,10H2,1-2H3. The van der Waals surface area contributed by atoms with Gasteiger partial charge >= 0.3 is 0 Å². The van der Waals surface area contributed by atoms with Crippen LogP contribution in [0.3, 0.4) is 0 Å². The minimum Gasteiger partial charge on any atom is -0.392 e. The van der Waals surface area contributed by atoms with E-state index in [0.29, 0.717) is 5.92 Å². The summed E-state index contributed by atoms with van der Waals surface area (Å²) in [4.78, 5) is 4.64. The van der Waals surface area contributed by atoms with Crippen molar-refractivity contribution in [3.63, 3.8) is 0 Å². The predicted octanol–water partition coefficient (Wildman–Crippen LogP) is 3.32. The van der Waals surface area contributed by atoms with Gasteiger partial charge in [0.15, 0.2) is 0 Å². The van der Waals surface area contributed by atoms with Gasteiger partial charge in [-0.2, -0.15) is 0 Å². The van der Waals surface area contributed by atoms with Crippen LogP contribution in [0.25, 0.3) is 10.9 Å². The Bertz CT molecular complexity index is 505. The van der Waals surface area contributed by atoms with Crippen molar-refractivity contribution in [1.82, 2.24) is 4.98 Å². The number of hydrogen-bond donors (Lipinski definition) is 1. The predicted molar refractivity (Wildman–Crippen MR) is 70.8 cm³/mol. The van der Waals surface area contributed by atoms with Gasteiger partial charge in [-0.25, -0.2) is 0 Å². The highest BCUT2D eigenvalue weighted by atomic mass is 16.3. The second-order valence-electron chi connectivity index (χ2n) is 4.92. The fourth-order valence-electron chi connectivity index (χ4n) is 1.89. The van der Waals surface area contributed by atoms with Crippen LogP contribution in [0.1, 0.15) is 31.5 Å². The van der Waals surface area contributed by atoms with Crippen LogP contribution in [0, 0.1) is 5.92 Å². The molecule has 0 unspecified atom stereocenters. The third-order valence-electron chi connectivity index (χ3n) is 2.97. The molecule has 2 nitrogen and oxygen atoms in total. The summed E-state index contributed by atoms with van der Waals surface area (Å²) >= 11 is 0. The zero-order valence-corrected chi connectivity index (χ0v) is 10.5. The third kappa shape index (κ3) is 3.04. The van der Waals surface area contributed by atoms with Crippen molar-refractivity contribution in [3.8, 4) is 0 Å². The summed E-state index contributed by atoms with van der Waals surface area (Å²) in [6.45, 7) is 4.55. The highest BCUT2D eigenvalue weighted by Crippen LogP contribution is 2.16. The topological polar surface area (TPSA) is 33.1 Å². The van der Waals surface area contributed by atoms with Gasteiger partial charge < -0.3 is 5.11 Å². The normalized spacial score (nSPS) is 11.3. The maximum atomic E-state index is 9.08. The van der Waals surface area contributed by atoms with Gasteiger partial charge in [-0.05, 0) is 42.5 Å². The Labute approximate surface area is 102 Å². The van der Waals surface area contributed by atoms with Crippen molar-refractivity contribution in [2.45, 2.75) is 33.3 Å². The summed E-state index contributed by atoms with van der Waals surface area (Å²) in [7, 11) is 0. The average molecular weight is 229 g/mol. The monoisotopic (exact) mass is 229 g/mol. The Balaban J connectivity index is 2.25. The maximum absolute atomic E-state index is 9.08. The largest absolute Gasteiger partial charge is 0.392 e. The van der Waals surface area contributed by atoms with E-state index in [1.54, 1.807) is 0 Å². The number of benzene rings is 1. The van der Waals surface area contributed by atoms with Gasteiger partial charge in [0, 0.05) is 11.1 Å². The summed E-state index contributed by atoms with van der Waals surface area (Å²) in [5.41, 5.74) is 3.11. The average Bonchev–Trinajstić information content (AvgIpc) is 2.35. The summed E-state index contributed by atoms with van der Waals surface area (Å²) < 4.78 is 0. The summed E-state index contributed by atoms with van der Waals surface area (Å²) in [6.07, 6.45) is 2.21.